The Morgan fingerprint density at radius 2 is 1.79 bits per heavy atom. The van der Waals surface area contributed by atoms with Crippen molar-refractivity contribution in [2.45, 2.75) is 13.3 Å². The molecular weight excluding hydrogens is 318 g/mol. The van der Waals surface area contributed by atoms with Crippen LogP contribution in [0.4, 0.5) is 0 Å². The largest absolute Gasteiger partial charge is 0.508 e. The molecule has 0 saturated heterocycles. The highest BCUT2D eigenvalue weighted by atomic mass is 32.1. The highest BCUT2D eigenvalue weighted by molar-refractivity contribution is 7.07. The van der Waals surface area contributed by atoms with Crippen LogP contribution < -0.4 is 4.80 Å². The Labute approximate surface area is 145 Å². The van der Waals surface area contributed by atoms with Crippen LogP contribution in [0.1, 0.15) is 18.9 Å². The molecule has 0 aliphatic rings. The first kappa shape index (κ1) is 16.2. The summed E-state index contributed by atoms with van der Waals surface area (Å²) < 4.78 is 1.89. The third-order valence-electron chi connectivity index (χ3n) is 3.70. The van der Waals surface area contributed by atoms with Crippen molar-refractivity contribution < 1.29 is 5.11 Å². The summed E-state index contributed by atoms with van der Waals surface area (Å²) in [4.78, 5) is 5.19. The number of rotatable bonds is 4. The molecule has 0 saturated carbocycles. The highest BCUT2D eigenvalue weighted by Gasteiger charge is 2.09. The zero-order valence-corrected chi connectivity index (χ0v) is 14.5. The number of aromatic nitrogens is 1. The molecule has 0 atom stereocenters. The lowest BCUT2D eigenvalue weighted by Gasteiger charge is -2.08. The molecule has 0 fully saturated rings. The fraction of sp³-hybridized carbons (Fsp3) is 0.158. The number of phenols is 1. The number of thiazole rings is 1. The van der Waals surface area contributed by atoms with Crippen molar-refractivity contribution in [2.24, 2.45) is 10.1 Å². The number of benzene rings is 2. The van der Waals surface area contributed by atoms with Gasteiger partial charge in [-0.3, -0.25) is 4.99 Å². The van der Waals surface area contributed by atoms with E-state index in [1.807, 2.05) is 35.0 Å². The van der Waals surface area contributed by atoms with Crippen LogP contribution in [0.5, 0.6) is 5.75 Å². The van der Waals surface area contributed by atoms with Gasteiger partial charge in [0.15, 0.2) is 0 Å². The maximum Gasteiger partial charge on any atom is 0.205 e. The van der Waals surface area contributed by atoms with Gasteiger partial charge in [0.2, 0.25) is 4.80 Å². The molecule has 0 radical (unpaired) electrons. The molecule has 1 heterocycles. The van der Waals surface area contributed by atoms with Gasteiger partial charge in [0.25, 0.3) is 0 Å². The lowest BCUT2D eigenvalue weighted by atomic mass is 10.1. The van der Waals surface area contributed by atoms with E-state index in [2.05, 4.69) is 29.4 Å². The summed E-state index contributed by atoms with van der Waals surface area (Å²) in [6.45, 7) is 2.07. The Balaban J connectivity index is 2.14. The molecule has 0 spiro atoms. The minimum absolute atomic E-state index is 0.256. The van der Waals surface area contributed by atoms with E-state index in [-0.39, 0.29) is 5.75 Å². The van der Waals surface area contributed by atoms with Crippen molar-refractivity contribution in [1.82, 2.24) is 4.68 Å². The molecule has 1 N–H and O–H groups in total. The molecule has 24 heavy (non-hydrogen) atoms. The lowest BCUT2D eigenvalue weighted by molar-refractivity contribution is 0.475. The van der Waals surface area contributed by atoms with Crippen molar-refractivity contribution in [3.8, 4) is 17.0 Å². The van der Waals surface area contributed by atoms with Crippen molar-refractivity contribution in [3.63, 3.8) is 0 Å². The quantitative estimate of drug-likeness (QED) is 0.716. The lowest BCUT2D eigenvalue weighted by Crippen LogP contribution is -2.14. The minimum atomic E-state index is 0.256. The van der Waals surface area contributed by atoms with Crippen LogP contribution in [-0.2, 0) is 0 Å². The average molecular weight is 337 g/mol. The van der Waals surface area contributed by atoms with E-state index < -0.39 is 0 Å². The Bertz CT molecular complexity index is 906. The van der Waals surface area contributed by atoms with Gasteiger partial charge in [0, 0.05) is 18.0 Å². The average Bonchev–Trinajstić information content (AvgIpc) is 3.04. The van der Waals surface area contributed by atoms with E-state index in [1.54, 1.807) is 30.5 Å². The van der Waals surface area contributed by atoms with E-state index >= 15 is 0 Å². The Kier molecular flexibility index (Phi) is 4.91. The SMILES string of the molecule is CCC(=Nn1c(-c2ccccc2)csc1=NC)c1ccc(O)cc1. The number of hydrogen-bond donors (Lipinski definition) is 1. The Morgan fingerprint density at radius 1 is 1.08 bits per heavy atom. The molecule has 0 amide bonds. The van der Waals surface area contributed by atoms with Crippen LogP contribution in [0.3, 0.4) is 0 Å². The maximum atomic E-state index is 9.48. The predicted molar refractivity (Wildman–Crippen MR) is 99.6 cm³/mol. The molecule has 5 heteroatoms. The van der Waals surface area contributed by atoms with Gasteiger partial charge in [-0.05, 0) is 36.2 Å². The van der Waals surface area contributed by atoms with Gasteiger partial charge in [0.05, 0.1) is 11.4 Å². The van der Waals surface area contributed by atoms with Gasteiger partial charge in [-0.25, -0.2) is 4.68 Å². The molecule has 0 aliphatic heterocycles. The molecule has 1 aromatic heterocycles. The first-order valence-electron chi connectivity index (χ1n) is 7.79. The molecule has 3 aromatic rings. The van der Waals surface area contributed by atoms with E-state index in [4.69, 9.17) is 5.10 Å². The molecule has 0 unspecified atom stereocenters. The highest BCUT2D eigenvalue weighted by Crippen LogP contribution is 2.20. The topological polar surface area (TPSA) is 49.9 Å². The van der Waals surface area contributed by atoms with E-state index in [0.717, 1.165) is 33.8 Å². The summed E-state index contributed by atoms with van der Waals surface area (Å²) in [5.74, 6) is 0.256. The summed E-state index contributed by atoms with van der Waals surface area (Å²) in [5, 5.41) is 16.4. The van der Waals surface area contributed by atoms with Crippen molar-refractivity contribution in [3.05, 3.63) is 70.3 Å². The summed E-state index contributed by atoms with van der Waals surface area (Å²) in [6.07, 6.45) is 0.783. The molecular formula is C19H19N3OS. The van der Waals surface area contributed by atoms with Crippen molar-refractivity contribution in [1.29, 1.82) is 0 Å². The standard InChI is InChI=1S/C19H19N3OS/c1-3-17(14-9-11-16(23)12-10-14)21-22-18(13-24-19(22)20-2)15-7-5-4-6-8-15/h4-13,23H,3H2,1-2H3. The molecule has 2 aromatic carbocycles. The van der Waals surface area contributed by atoms with Crippen molar-refractivity contribution >= 4 is 17.0 Å². The van der Waals surface area contributed by atoms with Gasteiger partial charge < -0.3 is 5.11 Å². The number of nitrogens with zero attached hydrogens (tertiary/aromatic N) is 3. The number of aromatic hydroxyl groups is 1. The Morgan fingerprint density at radius 3 is 2.42 bits per heavy atom. The van der Waals surface area contributed by atoms with E-state index in [9.17, 15) is 5.11 Å². The van der Waals surface area contributed by atoms with Crippen molar-refractivity contribution in [2.75, 3.05) is 7.05 Å². The van der Waals surface area contributed by atoms with Crippen LogP contribution in [0, 0.1) is 0 Å². The predicted octanol–water partition coefficient (Wildman–Crippen LogP) is 4.12. The third-order valence-corrected chi connectivity index (χ3v) is 4.61. The van der Waals surface area contributed by atoms with Gasteiger partial charge in [-0.1, -0.05) is 37.3 Å². The first-order valence-corrected chi connectivity index (χ1v) is 8.67. The van der Waals surface area contributed by atoms with Crippen LogP contribution in [0.15, 0.2) is 70.1 Å². The monoisotopic (exact) mass is 337 g/mol. The second-order valence-corrected chi connectivity index (χ2v) is 6.09. The van der Waals surface area contributed by atoms with E-state index in [0.29, 0.717) is 0 Å². The smallest absolute Gasteiger partial charge is 0.205 e. The summed E-state index contributed by atoms with van der Waals surface area (Å²) in [6, 6.07) is 17.3. The third kappa shape index (κ3) is 3.31. The number of phenolic OH excluding ortho intramolecular Hbond substituents is 1. The van der Waals surface area contributed by atoms with Gasteiger partial charge >= 0.3 is 0 Å². The zero-order valence-electron chi connectivity index (χ0n) is 13.7. The van der Waals surface area contributed by atoms with Crippen LogP contribution >= 0.6 is 11.3 Å². The first-order chi connectivity index (χ1) is 11.7. The molecule has 122 valence electrons. The summed E-state index contributed by atoms with van der Waals surface area (Å²) >= 11 is 1.57. The van der Waals surface area contributed by atoms with Gasteiger partial charge in [0.1, 0.15) is 5.75 Å². The maximum absolute atomic E-state index is 9.48. The molecule has 3 rings (SSSR count). The van der Waals surface area contributed by atoms with Crippen LogP contribution in [-0.4, -0.2) is 22.5 Å². The summed E-state index contributed by atoms with van der Waals surface area (Å²) in [7, 11) is 1.78. The summed E-state index contributed by atoms with van der Waals surface area (Å²) in [5.41, 5.74) is 4.06. The fourth-order valence-electron chi connectivity index (χ4n) is 2.46. The molecule has 4 nitrogen and oxygen atoms in total. The van der Waals surface area contributed by atoms with Gasteiger partial charge in [-0.2, -0.15) is 5.10 Å². The fourth-order valence-corrected chi connectivity index (χ4v) is 3.26. The van der Waals surface area contributed by atoms with Crippen LogP contribution in [0.2, 0.25) is 0 Å². The zero-order chi connectivity index (χ0) is 16.9. The molecule has 0 aliphatic carbocycles. The molecule has 0 bridgehead atoms. The second-order valence-electron chi connectivity index (χ2n) is 5.25. The van der Waals surface area contributed by atoms with Crippen LogP contribution in [0.25, 0.3) is 11.3 Å². The van der Waals surface area contributed by atoms with Gasteiger partial charge in [-0.15, -0.1) is 11.3 Å². The van der Waals surface area contributed by atoms with E-state index in [1.165, 1.54) is 0 Å². The minimum Gasteiger partial charge on any atom is -0.508 e. The second kappa shape index (κ2) is 7.27. The number of hydrogen-bond acceptors (Lipinski definition) is 4. The normalized spacial score (nSPS) is 12.6. The Hall–Kier alpha value is -2.66.